The van der Waals surface area contributed by atoms with Crippen LogP contribution < -0.4 is 10.6 Å². The van der Waals surface area contributed by atoms with Gasteiger partial charge < -0.3 is 10.6 Å². The fourth-order valence-corrected chi connectivity index (χ4v) is 1.87. The highest BCUT2D eigenvalue weighted by molar-refractivity contribution is 5.57. The van der Waals surface area contributed by atoms with Gasteiger partial charge in [0.05, 0.1) is 0 Å². The minimum atomic E-state index is -0.254. The van der Waals surface area contributed by atoms with E-state index in [2.05, 4.69) is 9.97 Å². The monoisotopic (exact) mass is 260 g/mol. The summed E-state index contributed by atoms with van der Waals surface area (Å²) in [6.07, 6.45) is 1.74. The molecule has 0 saturated carbocycles. The van der Waals surface area contributed by atoms with Gasteiger partial charge in [0.1, 0.15) is 5.82 Å². The molecule has 0 fully saturated rings. The van der Waals surface area contributed by atoms with Crippen LogP contribution in [0, 0.1) is 12.7 Å². The van der Waals surface area contributed by atoms with Gasteiger partial charge in [-0.15, -0.1) is 0 Å². The number of rotatable bonds is 4. The first kappa shape index (κ1) is 13.4. The van der Waals surface area contributed by atoms with Crippen molar-refractivity contribution in [2.45, 2.75) is 20.4 Å². The summed E-state index contributed by atoms with van der Waals surface area (Å²) in [6, 6.07) is 6.29. The number of aryl methyl sites for hydroxylation is 1. The molecule has 2 N–H and O–H groups in total. The fraction of sp³-hybridized carbons (Fsp3) is 0.286. The van der Waals surface area contributed by atoms with Crippen molar-refractivity contribution >= 4 is 11.6 Å². The van der Waals surface area contributed by atoms with Gasteiger partial charge >= 0.3 is 0 Å². The van der Waals surface area contributed by atoms with Crippen LogP contribution in [0.4, 0.5) is 16.0 Å². The molecule has 0 aliphatic rings. The Labute approximate surface area is 112 Å². The number of aromatic nitrogens is 2. The van der Waals surface area contributed by atoms with Crippen molar-refractivity contribution < 1.29 is 4.39 Å². The predicted molar refractivity (Wildman–Crippen MR) is 73.7 cm³/mol. The third-order valence-corrected chi connectivity index (χ3v) is 2.98. The van der Waals surface area contributed by atoms with Crippen LogP contribution in [-0.4, -0.2) is 16.5 Å². The van der Waals surface area contributed by atoms with Crippen LogP contribution in [-0.2, 0) is 6.54 Å². The van der Waals surface area contributed by atoms with Crippen molar-refractivity contribution in [2.24, 2.45) is 5.73 Å². The summed E-state index contributed by atoms with van der Waals surface area (Å²) in [4.78, 5) is 10.7. The minimum Gasteiger partial charge on any atom is -0.326 e. The molecule has 0 aliphatic heterocycles. The van der Waals surface area contributed by atoms with Crippen LogP contribution in [0.3, 0.4) is 0 Å². The molecule has 4 nitrogen and oxygen atoms in total. The highest BCUT2D eigenvalue weighted by Gasteiger charge is 2.11. The standard InChI is InChI=1S/C14H17FN4/c1-3-19(13-6-4-12(15)5-7-13)14-17-9-11(8-16)10(2)18-14/h4-7,9H,3,8,16H2,1-2H3. The highest BCUT2D eigenvalue weighted by atomic mass is 19.1. The smallest absolute Gasteiger partial charge is 0.230 e. The molecule has 0 bridgehead atoms. The molecule has 5 heteroatoms. The molecule has 1 aromatic carbocycles. The predicted octanol–water partition coefficient (Wildman–Crippen LogP) is 2.54. The average Bonchev–Trinajstić information content (AvgIpc) is 2.42. The van der Waals surface area contributed by atoms with E-state index in [0.717, 1.165) is 16.9 Å². The van der Waals surface area contributed by atoms with Crippen molar-refractivity contribution in [2.75, 3.05) is 11.4 Å². The number of anilines is 2. The van der Waals surface area contributed by atoms with Gasteiger partial charge in [-0.3, -0.25) is 0 Å². The number of benzene rings is 1. The fourth-order valence-electron chi connectivity index (χ4n) is 1.87. The molecule has 2 aromatic rings. The van der Waals surface area contributed by atoms with Crippen LogP contribution in [0.1, 0.15) is 18.2 Å². The number of hydrogen-bond acceptors (Lipinski definition) is 4. The summed E-state index contributed by atoms with van der Waals surface area (Å²) < 4.78 is 13.0. The zero-order valence-corrected chi connectivity index (χ0v) is 11.1. The van der Waals surface area contributed by atoms with E-state index in [1.54, 1.807) is 18.3 Å². The molecule has 1 aromatic heterocycles. The van der Waals surface area contributed by atoms with E-state index >= 15 is 0 Å². The van der Waals surface area contributed by atoms with E-state index in [1.165, 1.54) is 12.1 Å². The second-order valence-electron chi connectivity index (χ2n) is 4.21. The summed E-state index contributed by atoms with van der Waals surface area (Å²) in [5, 5.41) is 0. The molecule has 2 rings (SSSR count). The van der Waals surface area contributed by atoms with Crippen molar-refractivity contribution in [3.05, 3.63) is 47.5 Å². The minimum absolute atomic E-state index is 0.254. The lowest BCUT2D eigenvalue weighted by Crippen LogP contribution is -2.19. The Balaban J connectivity index is 2.36. The lowest BCUT2D eigenvalue weighted by molar-refractivity contribution is 0.627. The van der Waals surface area contributed by atoms with Crippen molar-refractivity contribution in [1.29, 1.82) is 0 Å². The van der Waals surface area contributed by atoms with Gasteiger partial charge in [0, 0.05) is 36.2 Å². The summed E-state index contributed by atoms with van der Waals surface area (Å²) >= 11 is 0. The molecule has 0 aliphatic carbocycles. The van der Waals surface area contributed by atoms with Crippen LogP contribution in [0.2, 0.25) is 0 Å². The Hall–Kier alpha value is -2.01. The van der Waals surface area contributed by atoms with Gasteiger partial charge in [-0.1, -0.05) is 0 Å². The van der Waals surface area contributed by atoms with Gasteiger partial charge in [0.15, 0.2) is 0 Å². The zero-order chi connectivity index (χ0) is 13.8. The highest BCUT2D eigenvalue weighted by Crippen LogP contribution is 2.22. The Morgan fingerprint density at radius 3 is 2.47 bits per heavy atom. The second-order valence-corrected chi connectivity index (χ2v) is 4.21. The van der Waals surface area contributed by atoms with Crippen LogP contribution in [0.15, 0.2) is 30.5 Å². The maximum Gasteiger partial charge on any atom is 0.230 e. The van der Waals surface area contributed by atoms with Gasteiger partial charge in [-0.05, 0) is 38.1 Å². The first-order valence-electron chi connectivity index (χ1n) is 6.21. The second kappa shape index (κ2) is 5.75. The van der Waals surface area contributed by atoms with Crippen LogP contribution >= 0.6 is 0 Å². The van der Waals surface area contributed by atoms with Crippen molar-refractivity contribution in [1.82, 2.24) is 9.97 Å². The number of halogens is 1. The average molecular weight is 260 g/mol. The molecule has 0 radical (unpaired) electrons. The van der Waals surface area contributed by atoms with Gasteiger partial charge in [-0.2, -0.15) is 0 Å². The van der Waals surface area contributed by atoms with E-state index in [0.29, 0.717) is 19.0 Å². The van der Waals surface area contributed by atoms with E-state index in [1.807, 2.05) is 18.7 Å². The Morgan fingerprint density at radius 1 is 1.26 bits per heavy atom. The quantitative estimate of drug-likeness (QED) is 0.917. The molecule has 1 heterocycles. The topological polar surface area (TPSA) is 55.0 Å². The van der Waals surface area contributed by atoms with E-state index in [9.17, 15) is 4.39 Å². The zero-order valence-electron chi connectivity index (χ0n) is 11.1. The summed E-state index contributed by atoms with van der Waals surface area (Å²) in [6.45, 7) is 5.03. The Bertz CT molecular complexity index is 554. The third-order valence-electron chi connectivity index (χ3n) is 2.98. The van der Waals surface area contributed by atoms with Crippen molar-refractivity contribution in [3.63, 3.8) is 0 Å². The first-order valence-corrected chi connectivity index (χ1v) is 6.21. The number of nitrogens with zero attached hydrogens (tertiary/aromatic N) is 3. The largest absolute Gasteiger partial charge is 0.326 e. The molecule has 19 heavy (non-hydrogen) atoms. The molecule has 100 valence electrons. The molecule has 0 unspecified atom stereocenters. The maximum atomic E-state index is 13.0. The summed E-state index contributed by atoms with van der Waals surface area (Å²) in [5.41, 5.74) is 8.26. The summed E-state index contributed by atoms with van der Waals surface area (Å²) in [5.74, 6) is 0.346. The molecule has 0 spiro atoms. The van der Waals surface area contributed by atoms with E-state index in [-0.39, 0.29) is 5.82 Å². The van der Waals surface area contributed by atoms with Crippen molar-refractivity contribution in [3.8, 4) is 0 Å². The van der Waals surface area contributed by atoms with E-state index < -0.39 is 0 Å². The first-order chi connectivity index (χ1) is 9.15. The van der Waals surface area contributed by atoms with Gasteiger partial charge in [-0.25, -0.2) is 14.4 Å². The third kappa shape index (κ3) is 2.88. The van der Waals surface area contributed by atoms with Crippen LogP contribution in [0.25, 0.3) is 0 Å². The molecular weight excluding hydrogens is 243 g/mol. The number of nitrogens with two attached hydrogens (primary N) is 1. The molecule has 0 atom stereocenters. The number of hydrogen-bond donors (Lipinski definition) is 1. The molecule has 0 amide bonds. The van der Waals surface area contributed by atoms with E-state index in [4.69, 9.17) is 5.73 Å². The Morgan fingerprint density at radius 2 is 1.95 bits per heavy atom. The lowest BCUT2D eigenvalue weighted by Gasteiger charge is -2.21. The van der Waals surface area contributed by atoms with Gasteiger partial charge in [0.25, 0.3) is 0 Å². The normalized spacial score (nSPS) is 10.5. The van der Waals surface area contributed by atoms with Gasteiger partial charge in [0.2, 0.25) is 5.95 Å². The molecule has 0 saturated heterocycles. The summed E-state index contributed by atoms with van der Waals surface area (Å²) in [7, 11) is 0. The molecular formula is C14H17FN4. The van der Waals surface area contributed by atoms with Crippen LogP contribution in [0.5, 0.6) is 0 Å². The Kier molecular flexibility index (Phi) is 4.06. The SMILES string of the molecule is CCN(c1ccc(F)cc1)c1ncc(CN)c(C)n1. The lowest BCUT2D eigenvalue weighted by atomic mass is 10.2. The maximum absolute atomic E-state index is 13.0.